The van der Waals surface area contributed by atoms with Gasteiger partial charge < -0.3 is 15.0 Å². The number of ether oxygens (including phenoxy) is 1. The monoisotopic (exact) mass is 423 g/mol. The van der Waals surface area contributed by atoms with Gasteiger partial charge in [-0.05, 0) is 43.9 Å². The first-order chi connectivity index (χ1) is 13.9. The van der Waals surface area contributed by atoms with Gasteiger partial charge in [0.05, 0.1) is 19.0 Å². The molecule has 2 fully saturated rings. The van der Waals surface area contributed by atoms with Gasteiger partial charge in [0, 0.05) is 25.7 Å². The molecule has 1 aliphatic heterocycles. The minimum absolute atomic E-state index is 0.103. The Kier molecular flexibility index (Phi) is 7.85. The zero-order valence-corrected chi connectivity index (χ0v) is 19.3. The zero-order valence-electron chi connectivity index (χ0n) is 18.4. The van der Waals surface area contributed by atoms with Crippen LogP contribution in [0.5, 0.6) is 0 Å². The summed E-state index contributed by atoms with van der Waals surface area (Å²) >= 11 is 1.48. The van der Waals surface area contributed by atoms with Gasteiger partial charge in [-0.2, -0.15) is 0 Å². The molecule has 0 radical (unpaired) electrons. The first kappa shape index (κ1) is 22.4. The van der Waals surface area contributed by atoms with Crippen LogP contribution in [0.2, 0.25) is 0 Å². The highest BCUT2D eigenvalue weighted by Crippen LogP contribution is 2.40. The largest absolute Gasteiger partial charge is 0.378 e. The lowest BCUT2D eigenvalue weighted by Crippen LogP contribution is -2.40. The highest BCUT2D eigenvalue weighted by atomic mass is 32.2. The number of rotatable bonds is 8. The van der Waals surface area contributed by atoms with Crippen LogP contribution in [0.25, 0.3) is 0 Å². The van der Waals surface area contributed by atoms with Gasteiger partial charge in [-0.15, -0.1) is 10.2 Å². The van der Waals surface area contributed by atoms with E-state index in [1.807, 2.05) is 0 Å². The maximum atomic E-state index is 12.5. The smallest absolute Gasteiger partial charge is 0.230 e. The van der Waals surface area contributed by atoms with E-state index in [1.54, 1.807) is 0 Å². The Morgan fingerprint density at radius 3 is 2.48 bits per heavy atom. The Hall–Kier alpha value is -1.28. The van der Waals surface area contributed by atoms with Crippen molar-refractivity contribution in [2.75, 3.05) is 37.0 Å². The molecule has 0 unspecified atom stereocenters. The van der Waals surface area contributed by atoms with E-state index in [1.165, 1.54) is 31.0 Å². The van der Waals surface area contributed by atoms with Crippen molar-refractivity contribution in [3.63, 3.8) is 0 Å². The van der Waals surface area contributed by atoms with Crippen molar-refractivity contribution < 1.29 is 9.53 Å². The van der Waals surface area contributed by atoms with Crippen LogP contribution in [0.15, 0.2) is 5.16 Å². The third-order valence-electron chi connectivity index (χ3n) is 6.75. The molecule has 1 saturated carbocycles. The summed E-state index contributed by atoms with van der Waals surface area (Å²) in [5, 5.41) is 12.8. The van der Waals surface area contributed by atoms with Gasteiger partial charge in [0.25, 0.3) is 0 Å². The molecule has 1 saturated heterocycles. The summed E-state index contributed by atoms with van der Waals surface area (Å²) in [5.41, 5.74) is 0.410. The molecule has 29 heavy (non-hydrogen) atoms. The molecule has 7 nitrogen and oxygen atoms in total. The van der Waals surface area contributed by atoms with Crippen molar-refractivity contribution >= 4 is 23.6 Å². The van der Waals surface area contributed by atoms with Crippen molar-refractivity contribution in [2.24, 2.45) is 11.3 Å². The van der Waals surface area contributed by atoms with Crippen molar-refractivity contribution in [1.82, 2.24) is 20.1 Å². The summed E-state index contributed by atoms with van der Waals surface area (Å²) in [6, 6.07) is 0.319. The van der Waals surface area contributed by atoms with E-state index in [-0.39, 0.29) is 5.91 Å². The number of carbonyl (C=O) groups excluding carboxylic acids is 1. The number of aromatic nitrogens is 3. The van der Waals surface area contributed by atoms with Crippen LogP contribution >= 0.6 is 11.8 Å². The lowest BCUT2D eigenvalue weighted by Gasteiger charge is -2.39. The molecule has 0 atom stereocenters. The minimum Gasteiger partial charge on any atom is -0.378 e. The van der Waals surface area contributed by atoms with Crippen LogP contribution in [0.4, 0.5) is 5.95 Å². The third kappa shape index (κ3) is 5.66. The van der Waals surface area contributed by atoms with Crippen LogP contribution in [0, 0.1) is 11.3 Å². The van der Waals surface area contributed by atoms with E-state index in [4.69, 9.17) is 4.74 Å². The molecule has 8 heteroatoms. The maximum Gasteiger partial charge on any atom is 0.230 e. The SMILES string of the molecule is CCn1c(SCC(=O)NC2CCC(C(C)(C)CC)CC2)nnc1N1CCOCC1. The van der Waals surface area contributed by atoms with Crippen LogP contribution in [0.3, 0.4) is 0 Å². The molecule has 3 rings (SSSR count). The molecular formula is C21H37N5O2S. The summed E-state index contributed by atoms with van der Waals surface area (Å²) in [7, 11) is 0. The Morgan fingerprint density at radius 1 is 1.17 bits per heavy atom. The van der Waals surface area contributed by atoms with Gasteiger partial charge >= 0.3 is 0 Å². The van der Waals surface area contributed by atoms with E-state index in [0.717, 1.165) is 62.7 Å². The lowest BCUT2D eigenvalue weighted by molar-refractivity contribution is -0.119. The first-order valence-corrected chi connectivity index (χ1v) is 12.1. The lowest BCUT2D eigenvalue weighted by atomic mass is 9.69. The topological polar surface area (TPSA) is 72.3 Å². The number of thioether (sulfide) groups is 1. The summed E-state index contributed by atoms with van der Waals surface area (Å²) in [6.07, 6.45) is 5.83. The number of hydrogen-bond donors (Lipinski definition) is 1. The average molecular weight is 424 g/mol. The highest BCUT2D eigenvalue weighted by Gasteiger charge is 2.32. The molecule has 1 aliphatic carbocycles. The second-order valence-electron chi connectivity index (χ2n) is 8.87. The number of nitrogens with one attached hydrogen (secondary N) is 1. The fraction of sp³-hybridized carbons (Fsp3) is 0.857. The first-order valence-electron chi connectivity index (χ1n) is 11.1. The van der Waals surface area contributed by atoms with Crippen LogP contribution in [-0.4, -0.2) is 58.8 Å². The van der Waals surface area contributed by atoms with Gasteiger partial charge in [-0.25, -0.2) is 0 Å². The summed E-state index contributed by atoms with van der Waals surface area (Å²) in [4.78, 5) is 14.7. The third-order valence-corrected chi connectivity index (χ3v) is 7.72. The van der Waals surface area contributed by atoms with Crippen LogP contribution in [-0.2, 0) is 16.1 Å². The Bertz CT molecular complexity index is 664. The van der Waals surface area contributed by atoms with Crippen molar-refractivity contribution in [1.29, 1.82) is 0 Å². The summed E-state index contributed by atoms with van der Waals surface area (Å²) in [6.45, 7) is 13.0. The number of carbonyl (C=O) groups is 1. The van der Waals surface area contributed by atoms with Gasteiger partial charge in [-0.1, -0.05) is 39.0 Å². The fourth-order valence-corrected chi connectivity index (χ4v) is 5.18. The van der Waals surface area contributed by atoms with Crippen LogP contribution < -0.4 is 10.2 Å². The molecule has 1 N–H and O–H groups in total. The average Bonchev–Trinajstić information content (AvgIpc) is 3.16. The minimum atomic E-state index is 0.103. The Balaban J connectivity index is 1.47. The quantitative estimate of drug-likeness (QED) is 0.647. The van der Waals surface area contributed by atoms with Crippen LogP contribution in [0.1, 0.15) is 59.8 Å². The summed E-state index contributed by atoms with van der Waals surface area (Å²) in [5.74, 6) is 2.15. The van der Waals surface area contributed by atoms with E-state index in [0.29, 0.717) is 17.2 Å². The normalized spacial score (nSPS) is 23.2. The standard InChI is InChI=1S/C21H37N5O2S/c1-5-21(3,4)16-7-9-17(10-8-16)22-18(27)15-29-20-24-23-19(26(20)6-2)25-11-13-28-14-12-25/h16-17H,5-15H2,1-4H3,(H,22,27). The van der Waals surface area contributed by atoms with Gasteiger partial charge in [0.2, 0.25) is 11.9 Å². The predicted octanol–water partition coefficient (Wildman–Crippen LogP) is 3.34. The molecule has 0 spiro atoms. The van der Waals surface area contributed by atoms with Gasteiger partial charge in [0.1, 0.15) is 0 Å². The zero-order chi connectivity index (χ0) is 20.9. The van der Waals surface area contributed by atoms with Crippen molar-refractivity contribution in [2.45, 2.75) is 77.5 Å². The Labute approximate surface area is 179 Å². The predicted molar refractivity (Wildman–Crippen MR) is 117 cm³/mol. The van der Waals surface area contributed by atoms with E-state index >= 15 is 0 Å². The van der Waals surface area contributed by atoms with Gasteiger partial charge in [-0.3, -0.25) is 9.36 Å². The molecule has 1 amide bonds. The fourth-order valence-electron chi connectivity index (χ4n) is 4.37. The maximum absolute atomic E-state index is 12.5. The summed E-state index contributed by atoms with van der Waals surface area (Å²) < 4.78 is 7.53. The highest BCUT2D eigenvalue weighted by molar-refractivity contribution is 7.99. The molecule has 164 valence electrons. The van der Waals surface area contributed by atoms with E-state index in [2.05, 4.69) is 52.7 Å². The molecule has 0 aromatic carbocycles. The van der Waals surface area contributed by atoms with E-state index in [9.17, 15) is 4.79 Å². The molecule has 0 bridgehead atoms. The second-order valence-corrected chi connectivity index (χ2v) is 9.82. The van der Waals surface area contributed by atoms with Gasteiger partial charge in [0.15, 0.2) is 5.16 Å². The van der Waals surface area contributed by atoms with Crippen molar-refractivity contribution in [3.8, 4) is 0 Å². The van der Waals surface area contributed by atoms with Crippen molar-refractivity contribution in [3.05, 3.63) is 0 Å². The number of nitrogens with zero attached hydrogens (tertiary/aromatic N) is 4. The number of anilines is 1. The molecule has 1 aromatic rings. The number of amides is 1. The molecule has 2 aliphatic rings. The molecule has 2 heterocycles. The molecule has 1 aromatic heterocycles. The number of hydrogen-bond acceptors (Lipinski definition) is 6. The second kappa shape index (κ2) is 10.2. The van der Waals surface area contributed by atoms with E-state index < -0.39 is 0 Å². The number of morpholine rings is 1. The Morgan fingerprint density at radius 2 is 1.86 bits per heavy atom. The molecular weight excluding hydrogens is 386 g/mol.